The fourth-order valence-corrected chi connectivity index (χ4v) is 2.11. The summed E-state index contributed by atoms with van der Waals surface area (Å²) in [6.45, 7) is 1.88. The summed E-state index contributed by atoms with van der Waals surface area (Å²) in [5, 5.41) is 2.30. The summed E-state index contributed by atoms with van der Waals surface area (Å²) in [5.41, 5.74) is 0.227. The Kier molecular flexibility index (Phi) is 7.10. The van der Waals surface area contributed by atoms with Gasteiger partial charge in [0.25, 0.3) is 5.91 Å². The van der Waals surface area contributed by atoms with E-state index in [1.807, 2.05) is 6.92 Å². The summed E-state index contributed by atoms with van der Waals surface area (Å²) < 4.78 is 41.6. The summed E-state index contributed by atoms with van der Waals surface area (Å²) in [7, 11) is 1.44. The van der Waals surface area contributed by atoms with Crippen LogP contribution in [0.3, 0.4) is 0 Å². The van der Waals surface area contributed by atoms with Crippen molar-refractivity contribution in [1.82, 2.24) is 0 Å². The number of methoxy groups -OCH3 is 1. The number of benzene rings is 2. The van der Waals surface area contributed by atoms with E-state index >= 15 is 0 Å². The first-order valence-corrected chi connectivity index (χ1v) is 8.17. The highest BCUT2D eigenvalue weighted by Gasteiger charge is 2.14. The molecule has 1 amide bonds. The van der Waals surface area contributed by atoms with Gasteiger partial charge in [0.05, 0.1) is 19.3 Å². The summed E-state index contributed by atoms with van der Waals surface area (Å²) in [6.07, 6.45) is 0.819. The Balaban J connectivity index is 1.94. The molecule has 0 aromatic heterocycles. The zero-order valence-corrected chi connectivity index (χ0v) is 14.9. The topological polar surface area (TPSA) is 73.9 Å². The van der Waals surface area contributed by atoms with E-state index in [0.717, 1.165) is 18.6 Å². The van der Waals surface area contributed by atoms with Crippen LogP contribution in [0.25, 0.3) is 0 Å². The SMILES string of the molecule is CCCOc1ccc(C(=O)OCC(=O)Nc2ccc(F)c(F)c2)cc1OC. The third-order valence-electron chi connectivity index (χ3n) is 3.40. The average Bonchev–Trinajstić information content (AvgIpc) is 2.67. The Hall–Kier alpha value is -3.16. The maximum atomic E-state index is 13.1. The molecule has 0 aliphatic carbocycles. The quantitative estimate of drug-likeness (QED) is 0.710. The van der Waals surface area contributed by atoms with E-state index in [2.05, 4.69) is 5.32 Å². The molecule has 27 heavy (non-hydrogen) atoms. The third-order valence-corrected chi connectivity index (χ3v) is 3.40. The Morgan fingerprint density at radius 3 is 2.48 bits per heavy atom. The molecule has 0 radical (unpaired) electrons. The van der Waals surface area contributed by atoms with Gasteiger partial charge in [-0.15, -0.1) is 0 Å². The van der Waals surface area contributed by atoms with E-state index in [4.69, 9.17) is 14.2 Å². The average molecular weight is 379 g/mol. The Morgan fingerprint density at radius 1 is 1.04 bits per heavy atom. The van der Waals surface area contributed by atoms with Gasteiger partial charge >= 0.3 is 5.97 Å². The second-order valence-corrected chi connectivity index (χ2v) is 5.47. The monoisotopic (exact) mass is 379 g/mol. The predicted octanol–water partition coefficient (Wildman–Crippen LogP) is 3.56. The predicted molar refractivity (Wildman–Crippen MR) is 94.1 cm³/mol. The molecule has 8 heteroatoms. The molecule has 0 fully saturated rings. The molecule has 144 valence electrons. The molecule has 1 N–H and O–H groups in total. The van der Waals surface area contributed by atoms with Crippen molar-refractivity contribution in [3.05, 3.63) is 53.6 Å². The lowest BCUT2D eigenvalue weighted by Gasteiger charge is -2.11. The van der Waals surface area contributed by atoms with E-state index in [1.54, 1.807) is 6.07 Å². The van der Waals surface area contributed by atoms with Crippen molar-refractivity contribution in [2.45, 2.75) is 13.3 Å². The van der Waals surface area contributed by atoms with Crippen LogP contribution in [-0.2, 0) is 9.53 Å². The molecule has 0 heterocycles. The van der Waals surface area contributed by atoms with Crippen molar-refractivity contribution in [2.24, 2.45) is 0 Å². The van der Waals surface area contributed by atoms with E-state index < -0.39 is 30.1 Å². The van der Waals surface area contributed by atoms with Crippen LogP contribution in [0.5, 0.6) is 11.5 Å². The molecule has 0 aliphatic rings. The molecule has 0 atom stereocenters. The number of halogens is 2. The Labute approximate surface area is 155 Å². The molecule has 0 unspecified atom stereocenters. The van der Waals surface area contributed by atoms with Crippen LogP contribution in [0, 0.1) is 11.6 Å². The fraction of sp³-hybridized carbons (Fsp3) is 0.263. The first-order valence-electron chi connectivity index (χ1n) is 8.17. The van der Waals surface area contributed by atoms with Crippen LogP contribution in [0.2, 0.25) is 0 Å². The number of amides is 1. The molecule has 2 aromatic rings. The third kappa shape index (κ3) is 5.67. The number of carbonyl (C=O) groups excluding carboxylic acids is 2. The molecule has 0 bridgehead atoms. The first-order chi connectivity index (χ1) is 12.9. The summed E-state index contributed by atoms with van der Waals surface area (Å²) >= 11 is 0. The zero-order valence-electron chi connectivity index (χ0n) is 14.9. The highest BCUT2D eigenvalue weighted by molar-refractivity contribution is 5.95. The van der Waals surface area contributed by atoms with E-state index in [9.17, 15) is 18.4 Å². The molecular formula is C19H19F2NO5. The summed E-state index contributed by atoms with van der Waals surface area (Å²) in [5.74, 6) is -2.70. The van der Waals surface area contributed by atoms with Crippen molar-refractivity contribution >= 4 is 17.6 Å². The van der Waals surface area contributed by atoms with Gasteiger partial charge in [0.1, 0.15) is 0 Å². The number of esters is 1. The molecule has 2 aromatic carbocycles. The molecule has 6 nitrogen and oxygen atoms in total. The summed E-state index contributed by atoms with van der Waals surface area (Å²) in [4.78, 5) is 23.9. The van der Waals surface area contributed by atoms with Crippen molar-refractivity contribution in [3.8, 4) is 11.5 Å². The Bertz CT molecular complexity index is 826. The van der Waals surface area contributed by atoms with Crippen LogP contribution >= 0.6 is 0 Å². The van der Waals surface area contributed by atoms with Crippen LogP contribution in [0.4, 0.5) is 14.5 Å². The highest BCUT2D eigenvalue weighted by atomic mass is 19.2. The van der Waals surface area contributed by atoms with Gasteiger partial charge in [-0.1, -0.05) is 6.92 Å². The minimum absolute atomic E-state index is 0.0500. The Morgan fingerprint density at radius 2 is 1.81 bits per heavy atom. The molecule has 0 saturated heterocycles. The minimum atomic E-state index is -1.10. The first kappa shape index (κ1) is 20.2. The molecule has 2 rings (SSSR count). The molecular weight excluding hydrogens is 360 g/mol. The largest absolute Gasteiger partial charge is 0.493 e. The number of carbonyl (C=O) groups is 2. The standard InChI is InChI=1S/C19H19F2NO5/c1-3-8-26-16-7-4-12(9-17(16)25-2)19(24)27-11-18(23)22-13-5-6-14(20)15(21)10-13/h4-7,9-10H,3,8,11H2,1-2H3,(H,22,23). The summed E-state index contributed by atoms with van der Waals surface area (Å²) in [6, 6.07) is 7.41. The van der Waals surface area contributed by atoms with E-state index in [-0.39, 0.29) is 11.3 Å². The van der Waals surface area contributed by atoms with E-state index in [1.165, 1.54) is 25.3 Å². The van der Waals surface area contributed by atoms with Gasteiger partial charge in [0.2, 0.25) is 0 Å². The number of hydrogen-bond acceptors (Lipinski definition) is 5. The van der Waals surface area contributed by atoms with Gasteiger partial charge in [-0.05, 0) is 36.8 Å². The lowest BCUT2D eigenvalue weighted by molar-refractivity contribution is -0.119. The number of hydrogen-bond donors (Lipinski definition) is 1. The lowest BCUT2D eigenvalue weighted by atomic mass is 10.2. The van der Waals surface area contributed by atoms with Crippen LogP contribution in [-0.4, -0.2) is 32.2 Å². The molecule has 0 aliphatic heterocycles. The second-order valence-electron chi connectivity index (χ2n) is 5.47. The van der Waals surface area contributed by atoms with Gasteiger partial charge < -0.3 is 19.5 Å². The number of anilines is 1. The van der Waals surface area contributed by atoms with Crippen LogP contribution < -0.4 is 14.8 Å². The lowest BCUT2D eigenvalue weighted by Crippen LogP contribution is -2.21. The van der Waals surface area contributed by atoms with Crippen molar-refractivity contribution in [1.29, 1.82) is 0 Å². The molecule has 0 saturated carbocycles. The van der Waals surface area contributed by atoms with Gasteiger partial charge in [-0.25, -0.2) is 13.6 Å². The fourth-order valence-electron chi connectivity index (χ4n) is 2.11. The number of ether oxygens (including phenoxy) is 3. The van der Waals surface area contributed by atoms with Gasteiger partial charge in [0, 0.05) is 11.8 Å². The van der Waals surface area contributed by atoms with E-state index in [0.29, 0.717) is 18.1 Å². The van der Waals surface area contributed by atoms with Gasteiger partial charge in [0.15, 0.2) is 29.7 Å². The van der Waals surface area contributed by atoms with Crippen molar-refractivity contribution in [3.63, 3.8) is 0 Å². The van der Waals surface area contributed by atoms with Crippen LogP contribution in [0.1, 0.15) is 23.7 Å². The number of rotatable bonds is 8. The highest BCUT2D eigenvalue weighted by Crippen LogP contribution is 2.28. The van der Waals surface area contributed by atoms with Gasteiger partial charge in [-0.2, -0.15) is 0 Å². The normalized spacial score (nSPS) is 10.2. The molecule has 0 spiro atoms. The number of nitrogens with one attached hydrogen (secondary N) is 1. The van der Waals surface area contributed by atoms with Crippen molar-refractivity contribution < 1.29 is 32.6 Å². The van der Waals surface area contributed by atoms with Gasteiger partial charge in [-0.3, -0.25) is 4.79 Å². The maximum Gasteiger partial charge on any atom is 0.338 e. The van der Waals surface area contributed by atoms with Crippen molar-refractivity contribution in [2.75, 3.05) is 25.6 Å². The van der Waals surface area contributed by atoms with Crippen LogP contribution in [0.15, 0.2) is 36.4 Å². The smallest absolute Gasteiger partial charge is 0.338 e. The minimum Gasteiger partial charge on any atom is -0.493 e. The maximum absolute atomic E-state index is 13.1. The zero-order chi connectivity index (χ0) is 19.8. The second kappa shape index (κ2) is 9.51.